The summed E-state index contributed by atoms with van der Waals surface area (Å²) >= 11 is 0. The third-order valence-electron chi connectivity index (χ3n) is 4.46. The van der Waals surface area contributed by atoms with Gasteiger partial charge in [-0.25, -0.2) is 13.4 Å². The van der Waals surface area contributed by atoms with E-state index in [2.05, 4.69) is 10.3 Å². The van der Waals surface area contributed by atoms with Crippen molar-refractivity contribution in [3.8, 4) is 0 Å². The fraction of sp³-hybridized carbons (Fsp3) is 0.333. The summed E-state index contributed by atoms with van der Waals surface area (Å²) in [5.74, 6) is 0.666. The maximum absolute atomic E-state index is 12.7. The molecule has 7 heteroatoms. The normalized spacial score (nSPS) is 14.6. The highest BCUT2D eigenvalue weighted by Gasteiger charge is 2.21. The number of carbonyl (C=O) groups excluding carboxylic acids is 1. The third kappa shape index (κ3) is 3.82. The summed E-state index contributed by atoms with van der Waals surface area (Å²) in [5, 5.41) is 2.93. The second-order valence-electron chi connectivity index (χ2n) is 6.18. The molecule has 25 heavy (non-hydrogen) atoms. The highest BCUT2D eigenvalue weighted by atomic mass is 32.2. The summed E-state index contributed by atoms with van der Waals surface area (Å²) in [4.78, 5) is 19.0. The Bertz CT molecular complexity index is 892. The van der Waals surface area contributed by atoms with Crippen LogP contribution in [-0.4, -0.2) is 50.6 Å². The number of hydrogen-bond acceptors (Lipinski definition) is 5. The number of nitrogens with zero attached hydrogens (tertiary/aromatic N) is 2. The Hall–Kier alpha value is -2.41. The molecule has 0 bridgehead atoms. The van der Waals surface area contributed by atoms with E-state index in [1.165, 1.54) is 6.26 Å². The first-order chi connectivity index (χ1) is 11.9. The van der Waals surface area contributed by atoms with E-state index >= 15 is 0 Å². The van der Waals surface area contributed by atoms with Gasteiger partial charge in [-0.05, 0) is 48.2 Å². The summed E-state index contributed by atoms with van der Waals surface area (Å²) in [6.45, 7) is 1.17. The molecule has 1 aromatic carbocycles. The predicted molar refractivity (Wildman–Crippen MR) is 96.6 cm³/mol. The molecule has 0 saturated carbocycles. The lowest BCUT2D eigenvalue weighted by Gasteiger charge is -2.20. The molecule has 1 amide bonds. The summed E-state index contributed by atoms with van der Waals surface area (Å²) < 4.78 is 23.5. The molecule has 0 saturated heterocycles. The molecule has 1 aromatic heterocycles. The first-order valence-electron chi connectivity index (χ1n) is 8.13. The summed E-state index contributed by atoms with van der Waals surface area (Å²) in [7, 11) is -1.44. The molecule has 0 radical (unpaired) electrons. The van der Waals surface area contributed by atoms with Crippen molar-refractivity contribution in [1.29, 1.82) is 0 Å². The minimum atomic E-state index is -3.22. The topological polar surface area (TPSA) is 79.4 Å². The Morgan fingerprint density at radius 1 is 1.12 bits per heavy atom. The van der Waals surface area contributed by atoms with Crippen molar-refractivity contribution in [2.75, 3.05) is 31.7 Å². The largest absolute Gasteiger partial charge is 0.373 e. The van der Waals surface area contributed by atoms with E-state index in [4.69, 9.17) is 0 Å². The molecule has 0 fully saturated rings. The fourth-order valence-electron chi connectivity index (χ4n) is 2.99. The van der Waals surface area contributed by atoms with Crippen LogP contribution in [0.1, 0.15) is 21.5 Å². The number of aromatic nitrogens is 1. The predicted octanol–water partition coefficient (Wildman–Crippen LogP) is 1.77. The number of benzene rings is 1. The minimum absolute atomic E-state index is 0.0497. The number of fused-ring (bicyclic) bond motifs is 1. The Morgan fingerprint density at radius 3 is 2.44 bits per heavy atom. The van der Waals surface area contributed by atoms with Crippen molar-refractivity contribution in [3.05, 3.63) is 53.2 Å². The van der Waals surface area contributed by atoms with Crippen molar-refractivity contribution in [3.63, 3.8) is 0 Å². The first kappa shape index (κ1) is 17.4. The van der Waals surface area contributed by atoms with Gasteiger partial charge in [-0.15, -0.1) is 0 Å². The van der Waals surface area contributed by atoms with Crippen LogP contribution in [0.5, 0.6) is 0 Å². The number of amides is 1. The molecular formula is C18H21N3O3S. The molecule has 0 spiro atoms. The zero-order chi connectivity index (χ0) is 18.0. The summed E-state index contributed by atoms with van der Waals surface area (Å²) in [6.07, 6.45) is 4.15. The Balaban J connectivity index is 1.78. The van der Waals surface area contributed by atoms with Gasteiger partial charge in [0.15, 0.2) is 9.84 Å². The lowest BCUT2D eigenvalue weighted by molar-refractivity contribution is 0.0762. The van der Waals surface area contributed by atoms with Gasteiger partial charge in [-0.3, -0.25) is 4.79 Å². The smallest absolute Gasteiger partial charge is 0.255 e. The molecule has 1 N–H and O–H groups in total. The van der Waals surface area contributed by atoms with Crippen LogP contribution in [0.4, 0.5) is 5.82 Å². The maximum Gasteiger partial charge on any atom is 0.255 e. The third-order valence-corrected chi connectivity index (χ3v) is 5.57. The van der Waals surface area contributed by atoms with Gasteiger partial charge in [0.05, 0.1) is 10.5 Å². The van der Waals surface area contributed by atoms with Gasteiger partial charge in [0.25, 0.3) is 5.91 Å². The van der Waals surface area contributed by atoms with E-state index < -0.39 is 9.84 Å². The number of rotatable bonds is 3. The first-order valence-corrected chi connectivity index (χ1v) is 10.0. The number of nitrogens with one attached hydrogen (secondary N) is 1. The van der Waals surface area contributed by atoms with Crippen LogP contribution in [0.25, 0.3) is 0 Å². The van der Waals surface area contributed by atoms with Crippen LogP contribution in [0, 0.1) is 0 Å². The van der Waals surface area contributed by atoms with E-state index in [0.717, 1.165) is 11.1 Å². The Labute approximate surface area is 147 Å². The zero-order valence-corrected chi connectivity index (χ0v) is 15.1. The van der Waals surface area contributed by atoms with Crippen LogP contribution in [0.2, 0.25) is 0 Å². The number of carbonyl (C=O) groups is 1. The minimum Gasteiger partial charge on any atom is -0.373 e. The average Bonchev–Trinajstić information content (AvgIpc) is 2.82. The van der Waals surface area contributed by atoms with Gasteiger partial charge < -0.3 is 10.2 Å². The van der Waals surface area contributed by atoms with E-state index in [-0.39, 0.29) is 5.91 Å². The maximum atomic E-state index is 12.7. The van der Waals surface area contributed by atoms with Crippen LogP contribution in [-0.2, 0) is 22.7 Å². The van der Waals surface area contributed by atoms with E-state index in [0.29, 0.717) is 42.2 Å². The fourth-order valence-corrected chi connectivity index (χ4v) is 3.66. The molecule has 6 nitrogen and oxygen atoms in total. The lowest BCUT2D eigenvalue weighted by Crippen LogP contribution is -2.33. The van der Waals surface area contributed by atoms with Gasteiger partial charge in [-0.1, -0.05) is 6.07 Å². The Morgan fingerprint density at radius 2 is 1.84 bits per heavy atom. The molecule has 2 aromatic rings. The molecule has 0 atom stereocenters. The van der Waals surface area contributed by atoms with Gasteiger partial charge in [0, 0.05) is 32.6 Å². The quantitative estimate of drug-likeness (QED) is 0.903. The zero-order valence-electron chi connectivity index (χ0n) is 14.3. The molecule has 1 aliphatic rings. The molecular weight excluding hydrogens is 338 g/mol. The van der Waals surface area contributed by atoms with Crippen molar-refractivity contribution in [2.24, 2.45) is 0 Å². The van der Waals surface area contributed by atoms with Crippen molar-refractivity contribution >= 4 is 21.6 Å². The van der Waals surface area contributed by atoms with Crippen LogP contribution >= 0.6 is 0 Å². The highest BCUT2D eigenvalue weighted by molar-refractivity contribution is 7.90. The number of sulfone groups is 1. The van der Waals surface area contributed by atoms with E-state index in [1.807, 2.05) is 6.07 Å². The summed E-state index contributed by atoms with van der Waals surface area (Å²) in [6, 6.07) is 8.79. The van der Waals surface area contributed by atoms with Crippen molar-refractivity contribution in [1.82, 2.24) is 9.88 Å². The molecule has 0 aliphatic carbocycles. The van der Waals surface area contributed by atoms with Gasteiger partial charge in [0.2, 0.25) is 0 Å². The molecule has 132 valence electrons. The standard InChI is InChI=1S/C18H21N3O3S/c1-19-17-6-4-15(12-20-17)18(22)21-9-7-13-3-5-16(25(2,23)24)11-14(13)8-10-21/h3-6,11-12H,7-10H2,1-2H3,(H,19,20). The number of pyridine rings is 1. The van der Waals surface area contributed by atoms with Gasteiger partial charge in [-0.2, -0.15) is 0 Å². The SMILES string of the molecule is CNc1ccc(C(=O)N2CCc3ccc(S(C)(=O)=O)cc3CC2)cn1. The van der Waals surface area contributed by atoms with E-state index in [1.54, 1.807) is 42.4 Å². The van der Waals surface area contributed by atoms with E-state index in [9.17, 15) is 13.2 Å². The van der Waals surface area contributed by atoms with Crippen LogP contribution in [0.3, 0.4) is 0 Å². The molecule has 1 aliphatic heterocycles. The second-order valence-corrected chi connectivity index (χ2v) is 8.19. The van der Waals surface area contributed by atoms with Crippen LogP contribution < -0.4 is 5.32 Å². The molecule has 3 rings (SSSR count). The number of hydrogen-bond donors (Lipinski definition) is 1. The monoisotopic (exact) mass is 359 g/mol. The average molecular weight is 359 g/mol. The lowest BCUT2D eigenvalue weighted by atomic mass is 10.0. The summed E-state index contributed by atoms with van der Waals surface area (Å²) in [5.41, 5.74) is 2.66. The Kier molecular flexibility index (Phi) is 4.76. The van der Waals surface area contributed by atoms with Gasteiger partial charge in [0.1, 0.15) is 5.82 Å². The highest BCUT2D eigenvalue weighted by Crippen LogP contribution is 2.21. The van der Waals surface area contributed by atoms with Crippen molar-refractivity contribution < 1.29 is 13.2 Å². The number of anilines is 1. The van der Waals surface area contributed by atoms with Gasteiger partial charge >= 0.3 is 0 Å². The second kappa shape index (κ2) is 6.84. The molecule has 2 heterocycles. The van der Waals surface area contributed by atoms with Crippen LogP contribution in [0.15, 0.2) is 41.4 Å². The van der Waals surface area contributed by atoms with Crippen molar-refractivity contribution in [2.45, 2.75) is 17.7 Å². The molecule has 0 unspecified atom stereocenters.